The molecule has 2 aromatic rings. The zero-order chi connectivity index (χ0) is 12.6. The molecule has 0 amide bonds. The Labute approximate surface area is 108 Å². The predicted molar refractivity (Wildman–Crippen MR) is 73.2 cm³/mol. The Morgan fingerprint density at radius 3 is 2.50 bits per heavy atom. The number of benzene rings is 1. The Balaban J connectivity index is 2.10. The van der Waals surface area contributed by atoms with Gasteiger partial charge in [0.25, 0.3) is 0 Å². The maximum Gasteiger partial charge on any atom is 0.115 e. The molecule has 0 aliphatic heterocycles. The second-order valence-electron chi connectivity index (χ2n) is 4.37. The molecule has 94 valence electrons. The summed E-state index contributed by atoms with van der Waals surface area (Å²) in [4.78, 5) is 8.21. The molecule has 1 aromatic heterocycles. The largest absolute Gasteiger partial charge is 0.310 e. The van der Waals surface area contributed by atoms with Crippen LogP contribution in [0.3, 0.4) is 0 Å². The topological polar surface area (TPSA) is 37.8 Å². The third-order valence-corrected chi connectivity index (χ3v) is 2.91. The van der Waals surface area contributed by atoms with Crippen molar-refractivity contribution in [2.24, 2.45) is 0 Å². The van der Waals surface area contributed by atoms with Crippen LogP contribution in [0.2, 0.25) is 0 Å². The standard InChI is InChI=1S/C15H19N3/c1-2-8-18-15(14-10-16-12-17-11-14)9-13-6-4-3-5-7-13/h3-7,10-12,15,18H,2,8-9H2,1H3. The van der Waals surface area contributed by atoms with Crippen LogP contribution in [0.25, 0.3) is 0 Å². The summed E-state index contributed by atoms with van der Waals surface area (Å²) in [5.74, 6) is 0. The molecule has 3 heteroatoms. The lowest BCUT2D eigenvalue weighted by Gasteiger charge is -2.18. The Bertz CT molecular complexity index is 442. The van der Waals surface area contributed by atoms with Gasteiger partial charge in [-0.1, -0.05) is 37.3 Å². The lowest BCUT2D eigenvalue weighted by Crippen LogP contribution is -2.24. The van der Waals surface area contributed by atoms with Gasteiger partial charge in [0.1, 0.15) is 6.33 Å². The van der Waals surface area contributed by atoms with Crippen molar-refractivity contribution < 1.29 is 0 Å². The molecule has 1 heterocycles. The quantitative estimate of drug-likeness (QED) is 0.845. The second kappa shape index (κ2) is 6.87. The Morgan fingerprint density at radius 1 is 1.11 bits per heavy atom. The van der Waals surface area contributed by atoms with Gasteiger partial charge >= 0.3 is 0 Å². The van der Waals surface area contributed by atoms with E-state index in [0.29, 0.717) is 0 Å². The van der Waals surface area contributed by atoms with Crippen molar-refractivity contribution in [1.82, 2.24) is 15.3 Å². The number of hydrogen-bond acceptors (Lipinski definition) is 3. The van der Waals surface area contributed by atoms with Gasteiger partial charge in [0.05, 0.1) is 0 Å². The molecular formula is C15H19N3. The van der Waals surface area contributed by atoms with Crippen molar-refractivity contribution in [3.05, 3.63) is 60.2 Å². The van der Waals surface area contributed by atoms with Crippen LogP contribution in [0.15, 0.2) is 49.1 Å². The summed E-state index contributed by atoms with van der Waals surface area (Å²) in [6.07, 6.45) is 7.45. The molecule has 1 unspecified atom stereocenters. The van der Waals surface area contributed by atoms with Crippen LogP contribution in [-0.2, 0) is 6.42 Å². The lowest BCUT2D eigenvalue weighted by molar-refractivity contribution is 0.526. The number of hydrogen-bond donors (Lipinski definition) is 1. The zero-order valence-corrected chi connectivity index (χ0v) is 10.7. The Hall–Kier alpha value is -1.74. The SMILES string of the molecule is CCCNC(Cc1ccccc1)c1cncnc1. The van der Waals surface area contributed by atoms with E-state index in [1.165, 1.54) is 5.56 Å². The van der Waals surface area contributed by atoms with E-state index in [0.717, 1.165) is 24.9 Å². The van der Waals surface area contributed by atoms with Crippen molar-refractivity contribution in [3.63, 3.8) is 0 Å². The highest BCUT2D eigenvalue weighted by atomic mass is 14.9. The van der Waals surface area contributed by atoms with E-state index in [2.05, 4.69) is 46.5 Å². The zero-order valence-electron chi connectivity index (χ0n) is 10.7. The van der Waals surface area contributed by atoms with Crippen molar-refractivity contribution in [2.45, 2.75) is 25.8 Å². The Morgan fingerprint density at radius 2 is 1.83 bits per heavy atom. The highest BCUT2D eigenvalue weighted by Gasteiger charge is 2.11. The molecule has 18 heavy (non-hydrogen) atoms. The average Bonchev–Trinajstić information content (AvgIpc) is 2.45. The van der Waals surface area contributed by atoms with Crippen LogP contribution in [0.4, 0.5) is 0 Å². The number of nitrogens with one attached hydrogen (secondary N) is 1. The molecule has 1 atom stereocenters. The lowest BCUT2D eigenvalue weighted by atomic mass is 10.0. The summed E-state index contributed by atoms with van der Waals surface area (Å²) in [6, 6.07) is 10.8. The van der Waals surface area contributed by atoms with Gasteiger partial charge < -0.3 is 5.32 Å². The highest BCUT2D eigenvalue weighted by Crippen LogP contribution is 2.16. The van der Waals surface area contributed by atoms with E-state index in [9.17, 15) is 0 Å². The molecule has 0 spiro atoms. The van der Waals surface area contributed by atoms with Crippen molar-refractivity contribution >= 4 is 0 Å². The number of aromatic nitrogens is 2. The molecule has 2 rings (SSSR count). The number of nitrogens with zero attached hydrogens (tertiary/aromatic N) is 2. The first-order valence-electron chi connectivity index (χ1n) is 6.42. The van der Waals surface area contributed by atoms with Crippen molar-refractivity contribution in [3.8, 4) is 0 Å². The van der Waals surface area contributed by atoms with Gasteiger partial charge in [-0.3, -0.25) is 0 Å². The monoisotopic (exact) mass is 241 g/mol. The predicted octanol–water partition coefficient (Wildman–Crippen LogP) is 2.76. The molecule has 0 fully saturated rings. The van der Waals surface area contributed by atoms with Gasteiger partial charge in [-0.25, -0.2) is 9.97 Å². The molecular weight excluding hydrogens is 222 g/mol. The molecule has 1 aromatic carbocycles. The Kier molecular flexibility index (Phi) is 4.85. The highest BCUT2D eigenvalue weighted by molar-refractivity contribution is 5.20. The van der Waals surface area contributed by atoms with Gasteiger partial charge in [0.15, 0.2) is 0 Å². The summed E-state index contributed by atoms with van der Waals surface area (Å²) in [5, 5.41) is 3.55. The molecule has 0 aliphatic carbocycles. The van der Waals surface area contributed by atoms with E-state index in [1.54, 1.807) is 6.33 Å². The molecule has 0 saturated heterocycles. The minimum atomic E-state index is 0.286. The maximum atomic E-state index is 4.10. The molecule has 0 saturated carbocycles. The molecule has 1 N–H and O–H groups in total. The smallest absolute Gasteiger partial charge is 0.115 e. The van der Waals surface area contributed by atoms with Crippen molar-refractivity contribution in [1.29, 1.82) is 0 Å². The molecule has 3 nitrogen and oxygen atoms in total. The maximum absolute atomic E-state index is 4.10. The van der Waals surface area contributed by atoms with Crippen LogP contribution in [0, 0.1) is 0 Å². The summed E-state index contributed by atoms with van der Waals surface area (Å²) in [6.45, 7) is 3.18. The van der Waals surface area contributed by atoms with Crippen LogP contribution < -0.4 is 5.32 Å². The fourth-order valence-electron chi connectivity index (χ4n) is 1.97. The van der Waals surface area contributed by atoms with Crippen LogP contribution in [-0.4, -0.2) is 16.5 Å². The molecule has 0 bridgehead atoms. The first-order valence-corrected chi connectivity index (χ1v) is 6.42. The third-order valence-electron chi connectivity index (χ3n) is 2.91. The van der Waals surface area contributed by atoms with E-state index in [-0.39, 0.29) is 6.04 Å². The summed E-state index contributed by atoms with van der Waals surface area (Å²) in [7, 11) is 0. The summed E-state index contributed by atoms with van der Waals surface area (Å²) in [5.41, 5.74) is 2.48. The average molecular weight is 241 g/mol. The summed E-state index contributed by atoms with van der Waals surface area (Å²) >= 11 is 0. The summed E-state index contributed by atoms with van der Waals surface area (Å²) < 4.78 is 0. The minimum absolute atomic E-state index is 0.286. The third kappa shape index (κ3) is 3.64. The number of rotatable bonds is 6. The molecule has 0 aliphatic rings. The van der Waals surface area contributed by atoms with E-state index in [1.807, 2.05) is 18.5 Å². The van der Waals surface area contributed by atoms with Gasteiger partial charge in [-0.15, -0.1) is 0 Å². The van der Waals surface area contributed by atoms with Gasteiger partial charge in [0, 0.05) is 24.0 Å². The fraction of sp³-hybridized carbons (Fsp3) is 0.333. The van der Waals surface area contributed by atoms with Gasteiger partial charge in [0.2, 0.25) is 0 Å². The van der Waals surface area contributed by atoms with Gasteiger partial charge in [-0.2, -0.15) is 0 Å². The van der Waals surface area contributed by atoms with Crippen LogP contribution in [0.1, 0.15) is 30.5 Å². The molecule has 0 radical (unpaired) electrons. The minimum Gasteiger partial charge on any atom is -0.310 e. The second-order valence-corrected chi connectivity index (χ2v) is 4.37. The van der Waals surface area contributed by atoms with Crippen LogP contribution >= 0.6 is 0 Å². The van der Waals surface area contributed by atoms with E-state index < -0.39 is 0 Å². The first-order chi connectivity index (χ1) is 8.90. The van der Waals surface area contributed by atoms with Crippen molar-refractivity contribution in [2.75, 3.05) is 6.54 Å². The van der Waals surface area contributed by atoms with E-state index >= 15 is 0 Å². The normalized spacial score (nSPS) is 12.3. The van der Waals surface area contributed by atoms with Crippen LogP contribution in [0.5, 0.6) is 0 Å². The fourth-order valence-corrected chi connectivity index (χ4v) is 1.97. The van der Waals surface area contributed by atoms with Gasteiger partial charge in [-0.05, 0) is 24.9 Å². The van der Waals surface area contributed by atoms with E-state index in [4.69, 9.17) is 0 Å². The first kappa shape index (κ1) is 12.7.